The van der Waals surface area contributed by atoms with E-state index in [1.54, 1.807) is 0 Å². The molecule has 0 atom stereocenters. The molecule has 1 aromatic heterocycles. The lowest BCUT2D eigenvalue weighted by molar-refractivity contribution is -0.385. The maximum atomic E-state index is 12.0. The fourth-order valence-corrected chi connectivity index (χ4v) is 4.26. The predicted molar refractivity (Wildman–Crippen MR) is 112 cm³/mol. The number of benzene rings is 2. The van der Waals surface area contributed by atoms with E-state index >= 15 is 0 Å². The first-order chi connectivity index (χ1) is 14.0. The minimum absolute atomic E-state index is 0.0697. The molecule has 0 aliphatic heterocycles. The highest BCUT2D eigenvalue weighted by atomic mass is 32.2. The van der Waals surface area contributed by atoms with Crippen molar-refractivity contribution in [3.05, 3.63) is 52.1 Å². The number of hydrogen-bond donors (Lipinski definition) is 1. The van der Waals surface area contributed by atoms with Crippen molar-refractivity contribution < 1.29 is 19.2 Å². The lowest BCUT2D eigenvalue weighted by atomic mass is 10.1. The van der Waals surface area contributed by atoms with E-state index in [-0.39, 0.29) is 23.1 Å². The van der Waals surface area contributed by atoms with Crippen LogP contribution < -0.4 is 14.9 Å². The molecule has 2 aromatic carbocycles. The van der Waals surface area contributed by atoms with E-state index in [9.17, 15) is 14.9 Å². The molecule has 0 bridgehead atoms. The third-order valence-corrected chi connectivity index (χ3v) is 5.90. The van der Waals surface area contributed by atoms with Crippen LogP contribution in [0.25, 0.3) is 10.2 Å². The lowest BCUT2D eigenvalue weighted by Gasteiger charge is -2.08. The number of nitro benzene ring substituents is 1. The monoisotopic (exact) mass is 432 g/mol. The molecule has 0 aliphatic rings. The minimum atomic E-state index is -0.567. The number of carbonyl (C=O) groups is 1. The van der Waals surface area contributed by atoms with Gasteiger partial charge in [0, 0.05) is 17.7 Å². The van der Waals surface area contributed by atoms with Crippen molar-refractivity contribution >= 4 is 51.1 Å². The number of methoxy groups -OCH3 is 2. The van der Waals surface area contributed by atoms with Crippen LogP contribution in [0.1, 0.15) is 5.56 Å². The summed E-state index contributed by atoms with van der Waals surface area (Å²) in [7, 11) is 2.75. The molecule has 3 rings (SSSR count). The number of ether oxygens (including phenoxy) is 2. The maximum absolute atomic E-state index is 12.0. The number of nitrogens with one attached hydrogen (secondary N) is 1. The molecule has 0 spiro atoms. The summed E-state index contributed by atoms with van der Waals surface area (Å²) in [4.78, 5) is 27.1. The number of rotatable bonds is 8. The van der Waals surface area contributed by atoms with E-state index in [2.05, 4.69) is 15.5 Å². The Hall–Kier alpha value is -3.18. The van der Waals surface area contributed by atoms with Gasteiger partial charge in [0.1, 0.15) is 5.75 Å². The molecule has 0 saturated heterocycles. The number of para-hydroxylation sites is 1. The van der Waals surface area contributed by atoms with Crippen LogP contribution in [0.5, 0.6) is 11.5 Å². The number of thioether (sulfide) groups is 1. The van der Waals surface area contributed by atoms with Gasteiger partial charge in [0.25, 0.3) is 5.91 Å². The van der Waals surface area contributed by atoms with Crippen molar-refractivity contribution in [1.29, 1.82) is 0 Å². The van der Waals surface area contributed by atoms with Gasteiger partial charge >= 0.3 is 5.69 Å². The molecule has 0 aliphatic carbocycles. The van der Waals surface area contributed by atoms with Gasteiger partial charge in [-0.15, -0.1) is 11.3 Å². The Balaban J connectivity index is 1.63. The van der Waals surface area contributed by atoms with Crippen LogP contribution in [0.3, 0.4) is 0 Å². The van der Waals surface area contributed by atoms with Gasteiger partial charge < -0.3 is 9.47 Å². The Morgan fingerprint density at radius 1 is 1.31 bits per heavy atom. The second-order valence-corrected chi connectivity index (χ2v) is 7.81. The van der Waals surface area contributed by atoms with Crippen LogP contribution in [0, 0.1) is 10.1 Å². The molecule has 0 saturated carbocycles. The normalized spacial score (nSPS) is 11.0. The van der Waals surface area contributed by atoms with Gasteiger partial charge in [-0.2, -0.15) is 5.10 Å². The van der Waals surface area contributed by atoms with Crippen molar-refractivity contribution in [3.8, 4) is 11.5 Å². The summed E-state index contributed by atoms with van der Waals surface area (Å²) in [5.74, 6) is 0.207. The standard InChI is InChI=1S/C18H16N4O5S2/c1-26-14-8-15(27-2)13(22(24)25)7-11(14)9-19-21-17(23)10-28-18-20-12-5-3-4-6-16(12)29-18/h3-9H,10H2,1-2H3,(H,21,23)/b19-9-. The zero-order chi connectivity index (χ0) is 20.8. The lowest BCUT2D eigenvalue weighted by Crippen LogP contribution is -2.19. The summed E-state index contributed by atoms with van der Waals surface area (Å²) in [6.07, 6.45) is 1.28. The molecular formula is C18H16N4O5S2. The number of thiazole rings is 1. The molecule has 150 valence electrons. The van der Waals surface area contributed by atoms with Crippen molar-refractivity contribution in [3.63, 3.8) is 0 Å². The van der Waals surface area contributed by atoms with Crippen molar-refractivity contribution in [2.24, 2.45) is 5.10 Å². The van der Waals surface area contributed by atoms with Crippen LogP contribution >= 0.6 is 23.1 Å². The molecule has 29 heavy (non-hydrogen) atoms. The largest absolute Gasteiger partial charge is 0.496 e. The SMILES string of the molecule is COc1cc(OC)c([N+](=O)[O-])cc1/C=N\NC(=O)CSc1nc2ccccc2s1. The molecule has 1 heterocycles. The molecule has 3 aromatic rings. The van der Waals surface area contributed by atoms with Crippen molar-refractivity contribution in [2.75, 3.05) is 20.0 Å². The average Bonchev–Trinajstić information content (AvgIpc) is 3.14. The van der Waals surface area contributed by atoms with E-state index in [4.69, 9.17) is 9.47 Å². The number of nitrogens with zero attached hydrogens (tertiary/aromatic N) is 3. The van der Waals surface area contributed by atoms with Gasteiger partial charge in [0.05, 0.1) is 41.3 Å². The Labute approximate surface area is 173 Å². The molecule has 0 radical (unpaired) electrons. The first-order valence-corrected chi connectivity index (χ1v) is 10.0. The highest BCUT2D eigenvalue weighted by Gasteiger charge is 2.19. The van der Waals surface area contributed by atoms with Gasteiger partial charge in [-0.05, 0) is 12.1 Å². The summed E-state index contributed by atoms with van der Waals surface area (Å²) in [5.41, 5.74) is 3.39. The summed E-state index contributed by atoms with van der Waals surface area (Å²) in [6, 6.07) is 10.4. The van der Waals surface area contributed by atoms with Gasteiger partial charge in [0.2, 0.25) is 5.75 Å². The second-order valence-electron chi connectivity index (χ2n) is 5.55. The molecule has 0 unspecified atom stereocenters. The number of carbonyl (C=O) groups excluding carboxylic acids is 1. The van der Waals surface area contributed by atoms with Crippen LogP contribution in [-0.2, 0) is 4.79 Å². The third-order valence-electron chi connectivity index (χ3n) is 3.72. The summed E-state index contributed by atoms with van der Waals surface area (Å²) < 4.78 is 12.0. The first-order valence-electron chi connectivity index (χ1n) is 8.22. The highest BCUT2D eigenvalue weighted by molar-refractivity contribution is 8.01. The van der Waals surface area contributed by atoms with Gasteiger partial charge in [-0.3, -0.25) is 14.9 Å². The van der Waals surface area contributed by atoms with Gasteiger partial charge in [-0.1, -0.05) is 23.9 Å². The van der Waals surface area contributed by atoms with Gasteiger partial charge in [-0.25, -0.2) is 10.4 Å². The van der Waals surface area contributed by atoms with Crippen molar-refractivity contribution in [1.82, 2.24) is 10.4 Å². The predicted octanol–water partition coefficient (Wildman–Crippen LogP) is 3.46. The highest BCUT2D eigenvalue weighted by Crippen LogP contribution is 2.33. The first kappa shape index (κ1) is 20.6. The quantitative estimate of drug-likeness (QED) is 0.251. The van der Waals surface area contributed by atoms with Crippen molar-refractivity contribution in [2.45, 2.75) is 4.34 Å². The summed E-state index contributed by atoms with van der Waals surface area (Å²) in [5, 5.41) is 15.0. The molecule has 1 N–H and O–H groups in total. The van der Waals surface area contributed by atoms with E-state index in [0.29, 0.717) is 11.3 Å². The zero-order valence-corrected chi connectivity index (χ0v) is 17.1. The Morgan fingerprint density at radius 3 is 2.76 bits per heavy atom. The molecule has 1 amide bonds. The minimum Gasteiger partial charge on any atom is -0.496 e. The van der Waals surface area contributed by atoms with Gasteiger partial charge in [0.15, 0.2) is 4.34 Å². The Bertz CT molecular complexity index is 1050. The van der Waals surface area contributed by atoms with Crippen LogP contribution in [0.2, 0.25) is 0 Å². The average molecular weight is 432 g/mol. The molecular weight excluding hydrogens is 416 g/mol. The fourth-order valence-electron chi connectivity index (χ4n) is 2.40. The van der Waals surface area contributed by atoms with Crippen LogP contribution in [-0.4, -0.2) is 42.0 Å². The molecule has 9 nitrogen and oxygen atoms in total. The van der Waals surface area contributed by atoms with Crippen LogP contribution in [0.4, 0.5) is 5.69 Å². The zero-order valence-electron chi connectivity index (χ0n) is 15.4. The number of nitro groups is 1. The topological polar surface area (TPSA) is 116 Å². The van der Waals surface area contributed by atoms with Crippen LogP contribution in [0.15, 0.2) is 45.8 Å². The Morgan fingerprint density at radius 2 is 2.07 bits per heavy atom. The fraction of sp³-hybridized carbons (Fsp3) is 0.167. The molecule has 11 heteroatoms. The second kappa shape index (κ2) is 9.34. The summed E-state index contributed by atoms with van der Waals surface area (Å²) >= 11 is 2.82. The van der Waals surface area contributed by atoms with E-state index in [0.717, 1.165) is 14.6 Å². The number of amides is 1. The van der Waals surface area contributed by atoms with E-state index < -0.39 is 4.92 Å². The third kappa shape index (κ3) is 5.00. The summed E-state index contributed by atoms with van der Waals surface area (Å²) in [6.45, 7) is 0. The number of hydrazone groups is 1. The smallest absolute Gasteiger partial charge is 0.311 e. The number of aromatic nitrogens is 1. The number of hydrogen-bond acceptors (Lipinski definition) is 9. The van der Waals surface area contributed by atoms with E-state index in [1.807, 2.05) is 24.3 Å². The molecule has 0 fully saturated rings. The maximum Gasteiger partial charge on any atom is 0.311 e. The Kier molecular flexibility index (Phi) is 6.62. The number of fused-ring (bicyclic) bond motifs is 1. The van der Waals surface area contributed by atoms with E-state index in [1.165, 1.54) is 55.7 Å².